The van der Waals surface area contributed by atoms with Crippen molar-refractivity contribution in [1.82, 2.24) is 18.6 Å². The summed E-state index contributed by atoms with van der Waals surface area (Å²) in [6, 6.07) is 0.178. The number of rotatable bonds is 7. The number of nitrogens with zero attached hydrogens (tertiary/aromatic N) is 3. The van der Waals surface area contributed by atoms with Gasteiger partial charge in [0, 0.05) is 38.1 Å². The van der Waals surface area contributed by atoms with Gasteiger partial charge in [-0.1, -0.05) is 0 Å². The number of nitrogens with one attached hydrogen (secondary N) is 1. The van der Waals surface area contributed by atoms with Crippen molar-refractivity contribution in [3.05, 3.63) is 18.2 Å². The third kappa shape index (κ3) is 3.82. The first-order chi connectivity index (χ1) is 9.95. The van der Waals surface area contributed by atoms with Gasteiger partial charge in [-0.3, -0.25) is 0 Å². The van der Waals surface area contributed by atoms with Gasteiger partial charge in [0.15, 0.2) is 0 Å². The van der Waals surface area contributed by atoms with Gasteiger partial charge in [0.2, 0.25) is 0 Å². The molecule has 1 aromatic rings. The lowest BCUT2D eigenvalue weighted by Crippen LogP contribution is -2.45. The molecule has 1 aromatic heterocycles. The van der Waals surface area contributed by atoms with Gasteiger partial charge >= 0.3 is 0 Å². The lowest BCUT2D eigenvalue weighted by atomic mass is 10.2. The molecule has 1 aliphatic rings. The van der Waals surface area contributed by atoms with E-state index in [9.17, 15) is 8.42 Å². The van der Waals surface area contributed by atoms with Crippen LogP contribution < -0.4 is 4.72 Å². The maximum atomic E-state index is 12.4. The summed E-state index contributed by atoms with van der Waals surface area (Å²) in [6.07, 6.45) is 5.26. The Morgan fingerprint density at radius 2 is 2.29 bits per heavy atom. The van der Waals surface area contributed by atoms with Gasteiger partial charge in [0.05, 0.1) is 13.2 Å². The van der Waals surface area contributed by atoms with Crippen LogP contribution in [0.25, 0.3) is 0 Å². The maximum absolute atomic E-state index is 12.4. The molecule has 0 aromatic carbocycles. The minimum Gasteiger partial charge on any atom is -0.383 e. The molecule has 0 spiro atoms. The Hall–Kier alpha value is -0.960. The van der Waals surface area contributed by atoms with Crippen LogP contribution in [0.1, 0.15) is 38.6 Å². The van der Waals surface area contributed by atoms with Gasteiger partial charge in [0.25, 0.3) is 10.2 Å². The van der Waals surface area contributed by atoms with E-state index in [1.807, 2.05) is 24.6 Å². The SMILES string of the molecule is COC[C@H]1CCCN1S(=O)(=O)NCc1nccn1C(C)C. The first-order valence-electron chi connectivity index (χ1n) is 7.22. The summed E-state index contributed by atoms with van der Waals surface area (Å²) in [4.78, 5) is 4.22. The molecule has 0 radical (unpaired) electrons. The molecule has 1 N–H and O–H groups in total. The van der Waals surface area contributed by atoms with Gasteiger partial charge in [-0.05, 0) is 26.7 Å². The van der Waals surface area contributed by atoms with E-state index >= 15 is 0 Å². The average Bonchev–Trinajstić information content (AvgIpc) is 3.05. The summed E-state index contributed by atoms with van der Waals surface area (Å²) in [5.41, 5.74) is 0. The van der Waals surface area contributed by atoms with Crippen LogP contribution in [0.5, 0.6) is 0 Å². The van der Waals surface area contributed by atoms with Crippen LogP contribution in [0.4, 0.5) is 0 Å². The predicted molar refractivity (Wildman–Crippen MR) is 80.0 cm³/mol. The second-order valence-corrected chi connectivity index (χ2v) is 7.24. The quantitative estimate of drug-likeness (QED) is 0.811. The van der Waals surface area contributed by atoms with Crippen molar-refractivity contribution in [3.63, 3.8) is 0 Å². The van der Waals surface area contributed by atoms with Gasteiger partial charge in [-0.2, -0.15) is 17.4 Å². The fraction of sp³-hybridized carbons (Fsp3) is 0.769. The highest BCUT2D eigenvalue weighted by molar-refractivity contribution is 7.87. The summed E-state index contributed by atoms with van der Waals surface area (Å²) < 4.78 is 36.0. The molecule has 2 rings (SSSR count). The lowest BCUT2D eigenvalue weighted by molar-refractivity contribution is 0.148. The number of hydrogen-bond donors (Lipinski definition) is 1. The molecule has 0 unspecified atom stereocenters. The van der Waals surface area contributed by atoms with E-state index in [2.05, 4.69) is 9.71 Å². The first-order valence-corrected chi connectivity index (χ1v) is 8.66. The summed E-state index contributed by atoms with van der Waals surface area (Å²) in [5.74, 6) is 0.719. The van der Waals surface area contributed by atoms with E-state index in [4.69, 9.17) is 4.74 Å². The van der Waals surface area contributed by atoms with E-state index in [0.717, 1.165) is 18.7 Å². The zero-order chi connectivity index (χ0) is 15.5. The monoisotopic (exact) mass is 316 g/mol. The first kappa shape index (κ1) is 16.4. The van der Waals surface area contributed by atoms with E-state index in [1.54, 1.807) is 13.3 Å². The summed E-state index contributed by atoms with van der Waals surface area (Å²) in [6.45, 7) is 5.25. The van der Waals surface area contributed by atoms with Crippen LogP contribution in [0.2, 0.25) is 0 Å². The highest BCUT2D eigenvalue weighted by Gasteiger charge is 2.34. The highest BCUT2D eigenvalue weighted by atomic mass is 32.2. The molecule has 8 heteroatoms. The third-order valence-corrected chi connectivity index (χ3v) is 5.32. The Bertz CT molecular complexity index is 556. The third-order valence-electron chi connectivity index (χ3n) is 3.71. The van der Waals surface area contributed by atoms with E-state index in [0.29, 0.717) is 13.2 Å². The van der Waals surface area contributed by atoms with E-state index in [-0.39, 0.29) is 18.6 Å². The van der Waals surface area contributed by atoms with E-state index in [1.165, 1.54) is 4.31 Å². The molecule has 1 atom stereocenters. The standard InChI is InChI=1S/C13H24N4O3S/c1-11(2)16-8-6-14-13(16)9-15-21(18,19)17-7-4-5-12(17)10-20-3/h6,8,11-12,15H,4-5,7,9-10H2,1-3H3/t12-/m1/s1. The molecule has 1 aliphatic heterocycles. The second-order valence-electron chi connectivity index (χ2n) is 5.53. The Balaban J connectivity index is 2.02. The molecule has 0 bridgehead atoms. The van der Waals surface area contributed by atoms with Crippen molar-refractivity contribution in [2.24, 2.45) is 0 Å². The molecule has 21 heavy (non-hydrogen) atoms. The van der Waals surface area contributed by atoms with Crippen molar-refractivity contribution in [1.29, 1.82) is 0 Å². The summed E-state index contributed by atoms with van der Waals surface area (Å²) in [7, 11) is -1.91. The molecule has 1 saturated heterocycles. The topological polar surface area (TPSA) is 76.5 Å². The minimum atomic E-state index is -3.50. The highest BCUT2D eigenvalue weighted by Crippen LogP contribution is 2.20. The van der Waals surface area contributed by atoms with Crippen LogP contribution in [0, 0.1) is 0 Å². The molecule has 120 valence electrons. The van der Waals surface area contributed by atoms with Gasteiger partial charge < -0.3 is 9.30 Å². The second kappa shape index (κ2) is 6.87. The Morgan fingerprint density at radius 1 is 1.52 bits per heavy atom. The lowest BCUT2D eigenvalue weighted by Gasteiger charge is -2.23. The molecule has 0 saturated carbocycles. The van der Waals surface area contributed by atoms with Crippen LogP contribution in [0.15, 0.2) is 12.4 Å². The predicted octanol–water partition coefficient (Wildman–Crippen LogP) is 0.909. The van der Waals surface area contributed by atoms with Crippen molar-refractivity contribution in [2.45, 2.75) is 45.3 Å². The minimum absolute atomic E-state index is 0.0719. The van der Waals surface area contributed by atoms with Crippen molar-refractivity contribution < 1.29 is 13.2 Å². The van der Waals surface area contributed by atoms with Gasteiger partial charge in [0.1, 0.15) is 5.82 Å². The van der Waals surface area contributed by atoms with Crippen LogP contribution >= 0.6 is 0 Å². The smallest absolute Gasteiger partial charge is 0.280 e. The molecular formula is C13H24N4O3S. The number of imidazole rings is 1. The van der Waals surface area contributed by atoms with Crippen molar-refractivity contribution >= 4 is 10.2 Å². The van der Waals surface area contributed by atoms with E-state index < -0.39 is 10.2 Å². The molecule has 0 aliphatic carbocycles. The largest absolute Gasteiger partial charge is 0.383 e. The summed E-state index contributed by atoms with van der Waals surface area (Å²) >= 11 is 0. The zero-order valence-electron chi connectivity index (χ0n) is 12.8. The number of methoxy groups -OCH3 is 1. The Labute approximate surface area is 126 Å². The molecular weight excluding hydrogens is 292 g/mol. The number of hydrogen-bond acceptors (Lipinski definition) is 4. The average molecular weight is 316 g/mol. The van der Waals surface area contributed by atoms with Crippen molar-refractivity contribution in [2.75, 3.05) is 20.3 Å². The van der Waals surface area contributed by atoms with Crippen LogP contribution in [0.3, 0.4) is 0 Å². The maximum Gasteiger partial charge on any atom is 0.280 e. The van der Waals surface area contributed by atoms with Gasteiger partial charge in [-0.15, -0.1) is 0 Å². The van der Waals surface area contributed by atoms with Crippen molar-refractivity contribution in [3.8, 4) is 0 Å². The fourth-order valence-electron chi connectivity index (χ4n) is 2.67. The fourth-order valence-corrected chi connectivity index (χ4v) is 4.08. The van der Waals surface area contributed by atoms with Crippen LogP contribution in [-0.2, 0) is 21.5 Å². The Kier molecular flexibility index (Phi) is 5.37. The number of ether oxygens (including phenoxy) is 1. The molecule has 7 nitrogen and oxygen atoms in total. The Morgan fingerprint density at radius 3 is 2.95 bits per heavy atom. The van der Waals surface area contributed by atoms with Crippen LogP contribution in [-0.4, -0.2) is 48.6 Å². The normalized spacial score (nSPS) is 20.5. The zero-order valence-corrected chi connectivity index (χ0v) is 13.6. The van der Waals surface area contributed by atoms with Gasteiger partial charge in [-0.25, -0.2) is 4.98 Å². The molecule has 1 fully saturated rings. The molecule has 2 heterocycles. The molecule has 0 amide bonds. The number of aromatic nitrogens is 2. The summed E-state index contributed by atoms with van der Waals surface area (Å²) in [5, 5.41) is 0.